The van der Waals surface area contributed by atoms with Crippen LogP contribution in [0.2, 0.25) is 0 Å². The van der Waals surface area contributed by atoms with Crippen molar-refractivity contribution < 1.29 is 15.2 Å². The van der Waals surface area contributed by atoms with E-state index in [-0.39, 0.29) is 11.5 Å². The maximum absolute atomic E-state index is 12.1. The fourth-order valence-electron chi connectivity index (χ4n) is 3.19. The van der Waals surface area contributed by atoms with Gasteiger partial charge in [0.15, 0.2) is 0 Å². The summed E-state index contributed by atoms with van der Waals surface area (Å²) < 4.78 is 5.38. The molecule has 0 aromatic heterocycles. The second kappa shape index (κ2) is 5.87. The molecule has 4 heteroatoms. The molecule has 2 heterocycles. The summed E-state index contributed by atoms with van der Waals surface area (Å²) in [7, 11) is 0. The van der Waals surface area contributed by atoms with Crippen LogP contribution in [0.1, 0.15) is 33.6 Å². The van der Waals surface area contributed by atoms with E-state index in [1.165, 1.54) is 0 Å². The Morgan fingerprint density at radius 3 is 2.50 bits per heavy atom. The molecule has 0 saturated carbocycles. The molecule has 2 aliphatic rings. The molecule has 0 aliphatic carbocycles. The summed E-state index contributed by atoms with van der Waals surface area (Å²) in [6.07, 6.45) is 1.51. The van der Waals surface area contributed by atoms with Crippen molar-refractivity contribution in [1.29, 1.82) is 0 Å². The lowest BCUT2D eigenvalue weighted by atomic mass is 9.78. The predicted molar refractivity (Wildman–Crippen MR) is 69.2 cm³/mol. The van der Waals surface area contributed by atoms with Gasteiger partial charge in [-0.2, -0.15) is 0 Å². The lowest BCUT2D eigenvalue weighted by Gasteiger charge is -2.45. The van der Waals surface area contributed by atoms with Gasteiger partial charge in [-0.1, -0.05) is 33.3 Å². The van der Waals surface area contributed by atoms with Gasteiger partial charge in [-0.25, -0.2) is 0 Å². The fourth-order valence-corrected chi connectivity index (χ4v) is 3.19. The molecule has 0 spiro atoms. The van der Waals surface area contributed by atoms with Crippen LogP contribution in [0.15, 0.2) is 0 Å². The van der Waals surface area contributed by atoms with E-state index in [9.17, 15) is 5.11 Å². The second-order valence-corrected chi connectivity index (χ2v) is 6.87. The van der Waals surface area contributed by atoms with Gasteiger partial charge in [0.25, 0.3) is 0 Å². The molecular formula is C14H28N2O2. The summed E-state index contributed by atoms with van der Waals surface area (Å²) in [5.41, 5.74) is 0.107. The molecule has 2 fully saturated rings. The lowest BCUT2D eigenvalue weighted by Crippen LogP contribution is -3.02. The van der Waals surface area contributed by atoms with Gasteiger partial charge in [0.2, 0.25) is 0 Å². The Morgan fingerprint density at radius 1 is 1.22 bits per heavy atom. The summed E-state index contributed by atoms with van der Waals surface area (Å²) >= 11 is 0. The molecular weight excluding hydrogens is 228 g/mol. The van der Waals surface area contributed by atoms with Crippen molar-refractivity contribution in [1.82, 2.24) is 4.90 Å². The second-order valence-electron chi connectivity index (χ2n) is 6.87. The van der Waals surface area contributed by atoms with Crippen LogP contribution >= 0.6 is 0 Å². The van der Waals surface area contributed by atoms with Crippen LogP contribution in [0.4, 0.5) is 0 Å². The zero-order chi connectivity index (χ0) is 13.2. The number of nitrogens with zero attached hydrogens (tertiary/aromatic N) is 1. The quantitative estimate of drug-likeness (QED) is 0.703. The normalized spacial score (nSPS) is 35.7. The van der Waals surface area contributed by atoms with Crippen molar-refractivity contribution in [2.45, 2.75) is 51.8 Å². The van der Waals surface area contributed by atoms with Crippen molar-refractivity contribution in [3.63, 3.8) is 0 Å². The van der Waals surface area contributed by atoms with E-state index in [4.69, 9.17) is 4.74 Å². The van der Waals surface area contributed by atoms with Crippen LogP contribution in [0.3, 0.4) is 0 Å². The minimum absolute atomic E-state index is 0.107. The van der Waals surface area contributed by atoms with Crippen molar-refractivity contribution >= 4 is 0 Å². The molecule has 0 radical (unpaired) electrons. The molecule has 2 N–H and O–H groups in total. The van der Waals surface area contributed by atoms with E-state index >= 15 is 0 Å². The molecule has 0 aromatic carbocycles. The Hall–Kier alpha value is -0.160. The van der Waals surface area contributed by atoms with E-state index in [0.717, 1.165) is 45.7 Å². The highest BCUT2D eigenvalue weighted by Gasteiger charge is 2.36. The molecule has 2 rings (SSSR count). The molecule has 2 saturated heterocycles. The summed E-state index contributed by atoms with van der Waals surface area (Å²) in [6, 6.07) is 0.815. The maximum Gasteiger partial charge on any atom is 0.0989 e. The average molecular weight is 256 g/mol. The molecule has 0 amide bonds. The lowest BCUT2D eigenvalue weighted by molar-refractivity contribution is -0.766. The van der Waals surface area contributed by atoms with Gasteiger partial charge in [-0.15, -0.1) is 0 Å². The number of quaternary nitrogens is 1. The molecule has 18 heavy (non-hydrogen) atoms. The Bertz CT molecular complexity index is 259. The van der Waals surface area contributed by atoms with Crippen molar-refractivity contribution in [2.24, 2.45) is 5.41 Å². The molecule has 2 aliphatic heterocycles. The van der Waals surface area contributed by atoms with Gasteiger partial charge < -0.3 is 15.2 Å². The van der Waals surface area contributed by atoms with Crippen molar-refractivity contribution in [3.05, 3.63) is 0 Å². The van der Waals surface area contributed by atoms with Gasteiger partial charge in [-0.3, -0.25) is 4.90 Å². The smallest absolute Gasteiger partial charge is 0.0989 e. The Labute approximate surface area is 111 Å². The van der Waals surface area contributed by atoms with Gasteiger partial charge in [-0.05, 0) is 6.42 Å². The molecule has 4 nitrogen and oxygen atoms in total. The van der Waals surface area contributed by atoms with Crippen LogP contribution in [0.25, 0.3) is 0 Å². The highest BCUT2D eigenvalue weighted by Crippen LogP contribution is 2.23. The number of hydrogen-bond donors (Lipinski definition) is 1. The van der Waals surface area contributed by atoms with Crippen LogP contribution in [-0.4, -0.2) is 55.9 Å². The first-order valence-corrected chi connectivity index (χ1v) is 7.28. The highest BCUT2D eigenvalue weighted by molar-refractivity contribution is 4.83. The third-order valence-electron chi connectivity index (χ3n) is 4.30. The van der Waals surface area contributed by atoms with E-state index in [1.54, 1.807) is 0 Å². The molecule has 3 atom stereocenters. The largest absolute Gasteiger partial charge is 0.848 e. The van der Waals surface area contributed by atoms with Crippen molar-refractivity contribution in [3.8, 4) is 0 Å². The monoisotopic (exact) mass is 256 g/mol. The Balaban J connectivity index is 1.86. The molecule has 106 valence electrons. The first-order valence-electron chi connectivity index (χ1n) is 7.28. The van der Waals surface area contributed by atoms with Crippen LogP contribution < -0.4 is 10.4 Å². The highest BCUT2D eigenvalue weighted by atomic mass is 16.5. The van der Waals surface area contributed by atoms with E-state index in [0.29, 0.717) is 6.04 Å². The maximum atomic E-state index is 12.1. The Kier molecular flexibility index (Phi) is 4.64. The van der Waals surface area contributed by atoms with Gasteiger partial charge in [0.05, 0.1) is 31.8 Å². The summed E-state index contributed by atoms with van der Waals surface area (Å²) in [4.78, 5) is 2.48. The van der Waals surface area contributed by atoms with Crippen LogP contribution in [0, 0.1) is 5.41 Å². The summed E-state index contributed by atoms with van der Waals surface area (Å²) in [6.45, 7) is 11.5. The van der Waals surface area contributed by atoms with E-state index in [2.05, 4.69) is 31.0 Å². The zero-order valence-corrected chi connectivity index (χ0v) is 12.0. The summed E-state index contributed by atoms with van der Waals surface area (Å²) in [5.74, 6) is 0. The number of ether oxygens (including phenoxy) is 1. The fraction of sp³-hybridized carbons (Fsp3) is 1.00. The number of nitrogens with two attached hydrogens (primary N) is 1. The first kappa shape index (κ1) is 14.3. The SMILES string of the molecule is CC(C)(C)C1[NH2+]C(CN2CCOCC2)CCC1[O-]. The average Bonchev–Trinajstić information content (AvgIpc) is 2.31. The van der Waals surface area contributed by atoms with Gasteiger partial charge >= 0.3 is 0 Å². The van der Waals surface area contributed by atoms with Gasteiger partial charge in [0, 0.05) is 18.5 Å². The number of piperidine rings is 1. The topological polar surface area (TPSA) is 52.1 Å². The third-order valence-corrected chi connectivity index (χ3v) is 4.30. The molecule has 0 aromatic rings. The van der Waals surface area contributed by atoms with Gasteiger partial charge in [0.1, 0.15) is 0 Å². The first-order chi connectivity index (χ1) is 8.47. The third kappa shape index (κ3) is 3.67. The van der Waals surface area contributed by atoms with Crippen LogP contribution in [-0.2, 0) is 4.74 Å². The minimum Gasteiger partial charge on any atom is -0.848 e. The van der Waals surface area contributed by atoms with E-state index < -0.39 is 6.10 Å². The molecule has 0 bridgehead atoms. The standard InChI is InChI=1S/C14H27N2O2/c1-14(2,3)13-12(17)5-4-11(15-13)10-16-6-8-18-9-7-16/h11-13,15H,4-10H2,1-3H3/q-1/p+1. The van der Waals surface area contributed by atoms with Crippen LogP contribution in [0.5, 0.6) is 0 Å². The Morgan fingerprint density at radius 2 is 1.89 bits per heavy atom. The number of morpholine rings is 1. The zero-order valence-electron chi connectivity index (χ0n) is 12.0. The van der Waals surface area contributed by atoms with E-state index in [1.807, 2.05) is 0 Å². The number of hydrogen-bond acceptors (Lipinski definition) is 3. The number of rotatable bonds is 2. The minimum atomic E-state index is -0.397. The molecule has 3 unspecified atom stereocenters. The predicted octanol–water partition coefficient (Wildman–Crippen LogP) is -0.812. The summed E-state index contributed by atoms with van der Waals surface area (Å²) in [5, 5.41) is 14.5. The van der Waals surface area contributed by atoms with Crippen molar-refractivity contribution in [2.75, 3.05) is 32.8 Å².